The van der Waals surface area contributed by atoms with E-state index in [1.165, 1.54) is 23.8 Å². The molecular formula is C34H40N4O3. The molecule has 7 heteroatoms. The van der Waals surface area contributed by atoms with Gasteiger partial charge < -0.3 is 9.47 Å². The molecule has 2 heterocycles. The number of aryl methyl sites for hydroxylation is 3. The molecule has 0 amide bonds. The van der Waals surface area contributed by atoms with Crippen LogP contribution >= 0.6 is 0 Å². The van der Waals surface area contributed by atoms with Crippen LogP contribution in [0.2, 0.25) is 0 Å². The Morgan fingerprint density at radius 1 is 1.15 bits per heavy atom. The number of ether oxygens (including phenoxy) is 2. The van der Waals surface area contributed by atoms with Crippen molar-refractivity contribution in [3.05, 3.63) is 88.0 Å². The summed E-state index contributed by atoms with van der Waals surface area (Å²) in [6.45, 7) is 10.0. The maximum absolute atomic E-state index is 13.3. The molecule has 3 aromatic carbocycles. The van der Waals surface area contributed by atoms with Gasteiger partial charge in [0.25, 0.3) is 0 Å². The summed E-state index contributed by atoms with van der Waals surface area (Å²) in [7, 11) is 3.38. The summed E-state index contributed by atoms with van der Waals surface area (Å²) in [5.74, 6) is 0.554. The highest BCUT2D eigenvalue weighted by Crippen LogP contribution is 2.47. The van der Waals surface area contributed by atoms with Crippen LogP contribution in [-0.4, -0.2) is 45.6 Å². The zero-order valence-electron chi connectivity index (χ0n) is 25.0. The van der Waals surface area contributed by atoms with Gasteiger partial charge in [-0.2, -0.15) is 0 Å². The van der Waals surface area contributed by atoms with Crippen LogP contribution in [0.25, 0.3) is 11.0 Å². The average molecular weight is 553 g/mol. The zero-order chi connectivity index (χ0) is 28.9. The minimum absolute atomic E-state index is 0.151. The normalized spacial score (nSPS) is 19.8. The van der Waals surface area contributed by atoms with Gasteiger partial charge in [-0.05, 0) is 80.0 Å². The number of rotatable bonds is 6. The third kappa shape index (κ3) is 4.70. The Labute approximate surface area is 242 Å². The summed E-state index contributed by atoms with van der Waals surface area (Å²) >= 11 is 0. The Bertz CT molecular complexity index is 1610. The van der Waals surface area contributed by atoms with Crippen LogP contribution in [0.1, 0.15) is 79.0 Å². The summed E-state index contributed by atoms with van der Waals surface area (Å²) in [6, 6.07) is 19.8. The van der Waals surface area contributed by atoms with Crippen LogP contribution < -0.4 is 4.74 Å². The van der Waals surface area contributed by atoms with E-state index in [4.69, 9.17) is 9.47 Å². The number of nitrogens with zero attached hydrogens (tertiary/aromatic N) is 4. The third-order valence-electron chi connectivity index (χ3n) is 9.35. The molecule has 4 aromatic rings. The summed E-state index contributed by atoms with van der Waals surface area (Å²) < 4.78 is 13.6. The molecule has 0 saturated carbocycles. The van der Waals surface area contributed by atoms with E-state index in [-0.39, 0.29) is 18.0 Å². The van der Waals surface area contributed by atoms with E-state index in [9.17, 15) is 4.79 Å². The molecule has 0 N–H and O–H groups in total. The van der Waals surface area contributed by atoms with Gasteiger partial charge in [0, 0.05) is 37.7 Å². The van der Waals surface area contributed by atoms with Gasteiger partial charge in [0.1, 0.15) is 17.4 Å². The fraction of sp³-hybridized carbons (Fsp3) is 0.441. The van der Waals surface area contributed by atoms with Crippen LogP contribution in [0.15, 0.2) is 54.6 Å². The standard InChI is InChI=1S/C34H40N4O3/c1-7-25-20-38(19-24-10-8-9-11-30(24)41-25)28-16-14-22-12-13-23(18-27(22)28)31(34(3,4)33(39)40-6)26-15-17-29-32(21(26)2)35-36-37(29)5/h8-13,15,17-18,25,28,31H,7,14,16,19-20H2,1-6H3. The number of hydrogen-bond acceptors (Lipinski definition) is 6. The van der Waals surface area contributed by atoms with Crippen molar-refractivity contribution in [3.8, 4) is 5.75 Å². The van der Waals surface area contributed by atoms with Crippen molar-refractivity contribution in [1.29, 1.82) is 0 Å². The Morgan fingerprint density at radius 3 is 2.73 bits per heavy atom. The van der Waals surface area contributed by atoms with Crippen molar-refractivity contribution in [3.63, 3.8) is 0 Å². The third-order valence-corrected chi connectivity index (χ3v) is 9.35. The molecule has 6 rings (SSSR count). The molecule has 214 valence electrons. The molecule has 0 spiro atoms. The lowest BCUT2D eigenvalue weighted by Crippen LogP contribution is -2.35. The van der Waals surface area contributed by atoms with Gasteiger partial charge in [-0.3, -0.25) is 9.69 Å². The van der Waals surface area contributed by atoms with Crippen LogP contribution in [0.3, 0.4) is 0 Å². The number of hydrogen-bond donors (Lipinski definition) is 0. The maximum atomic E-state index is 13.3. The average Bonchev–Trinajstić information content (AvgIpc) is 3.51. The quantitative estimate of drug-likeness (QED) is 0.263. The van der Waals surface area contributed by atoms with Gasteiger partial charge in [0.15, 0.2) is 0 Å². The van der Waals surface area contributed by atoms with Crippen LogP contribution in [-0.2, 0) is 29.5 Å². The molecule has 7 nitrogen and oxygen atoms in total. The lowest BCUT2D eigenvalue weighted by atomic mass is 9.69. The lowest BCUT2D eigenvalue weighted by Gasteiger charge is -2.35. The van der Waals surface area contributed by atoms with E-state index in [0.29, 0.717) is 6.04 Å². The smallest absolute Gasteiger partial charge is 0.312 e. The van der Waals surface area contributed by atoms with Crippen molar-refractivity contribution in [2.75, 3.05) is 13.7 Å². The van der Waals surface area contributed by atoms with E-state index in [1.807, 2.05) is 20.9 Å². The van der Waals surface area contributed by atoms with Crippen LogP contribution in [0.4, 0.5) is 0 Å². The Morgan fingerprint density at radius 2 is 1.95 bits per heavy atom. The topological polar surface area (TPSA) is 69.5 Å². The predicted octanol–water partition coefficient (Wildman–Crippen LogP) is 6.27. The monoisotopic (exact) mass is 552 g/mol. The first-order valence-electron chi connectivity index (χ1n) is 14.7. The van der Waals surface area contributed by atoms with E-state index >= 15 is 0 Å². The number of fused-ring (bicyclic) bond motifs is 3. The fourth-order valence-corrected chi connectivity index (χ4v) is 7.05. The maximum Gasteiger partial charge on any atom is 0.312 e. The first-order valence-corrected chi connectivity index (χ1v) is 14.7. The highest BCUT2D eigenvalue weighted by atomic mass is 16.5. The number of benzene rings is 3. The van der Waals surface area contributed by atoms with Crippen molar-refractivity contribution < 1.29 is 14.3 Å². The molecule has 2 aliphatic rings. The Hall–Kier alpha value is -3.71. The van der Waals surface area contributed by atoms with E-state index < -0.39 is 5.41 Å². The number of carbonyl (C=O) groups excluding carboxylic acids is 1. The first-order chi connectivity index (χ1) is 19.7. The van der Waals surface area contributed by atoms with Crippen LogP contribution in [0, 0.1) is 12.3 Å². The van der Waals surface area contributed by atoms with Crippen molar-refractivity contribution in [2.45, 2.75) is 71.6 Å². The van der Waals surface area contributed by atoms with Crippen molar-refractivity contribution in [2.24, 2.45) is 12.5 Å². The lowest BCUT2D eigenvalue weighted by molar-refractivity contribution is -0.151. The van der Waals surface area contributed by atoms with Crippen LogP contribution in [0.5, 0.6) is 5.75 Å². The molecule has 3 unspecified atom stereocenters. The second kappa shape index (κ2) is 10.6. The first kappa shape index (κ1) is 27.5. The molecule has 1 aromatic heterocycles. The Kier molecular flexibility index (Phi) is 7.10. The second-order valence-corrected chi connectivity index (χ2v) is 12.2. The van der Waals surface area contributed by atoms with Gasteiger partial charge in [-0.1, -0.05) is 54.6 Å². The highest BCUT2D eigenvalue weighted by molar-refractivity contribution is 5.82. The second-order valence-electron chi connectivity index (χ2n) is 12.2. The summed E-state index contributed by atoms with van der Waals surface area (Å²) in [4.78, 5) is 15.9. The summed E-state index contributed by atoms with van der Waals surface area (Å²) in [6.07, 6.45) is 3.24. The van der Waals surface area contributed by atoms with Gasteiger partial charge >= 0.3 is 5.97 Å². The van der Waals surface area contributed by atoms with Crippen molar-refractivity contribution >= 4 is 17.0 Å². The van der Waals surface area contributed by atoms with Crippen molar-refractivity contribution in [1.82, 2.24) is 19.9 Å². The number of esters is 1. The predicted molar refractivity (Wildman–Crippen MR) is 160 cm³/mol. The molecule has 3 atom stereocenters. The molecule has 1 aliphatic heterocycles. The highest BCUT2D eigenvalue weighted by Gasteiger charge is 2.42. The van der Waals surface area contributed by atoms with E-state index in [2.05, 4.69) is 83.7 Å². The zero-order valence-corrected chi connectivity index (χ0v) is 25.0. The summed E-state index contributed by atoms with van der Waals surface area (Å²) in [5.41, 5.74) is 8.27. The molecule has 41 heavy (non-hydrogen) atoms. The van der Waals surface area contributed by atoms with Gasteiger partial charge in [0.2, 0.25) is 0 Å². The van der Waals surface area contributed by atoms with Gasteiger partial charge in [-0.15, -0.1) is 5.10 Å². The molecule has 0 fully saturated rings. The number of carbonyl (C=O) groups is 1. The number of aromatic nitrogens is 3. The van der Waals surface area contributed by atoms with E-state index in [0.717, 1.165) is 65.8 Å². The molecule has 1 aliphatic carbocycles. The largest absolute Gasteiger partial charge is 0.489 e. The Balaban J connectivity index is 1.44. The minimum atomic E-state index is -0.805. The molecule has 0 radical (unpaired) electrons. The fourth-order valence-electron chi connectivity index (χ4n) is 7.05. The minimum Gasteiger partial charge on any atom is -0.489 e. The number of methoxy groups -OCH3 is 1. The van der Waals surface area contributed by atoms with E-state index in [1.54, 1.807) is 4.68 Å². The van der Waals surface area contributed by atoms with Gasteiger partial charge in [-0.25, -0.2) is 4.68 Å². The number of para-hydroxylation sites is 1. The molecular weight excluding hydrogens is 512 g/mol. The molecule has 0 saturated heterocycles. The SMILES string of the molecule is CCC1CN(C2CCc3ccc(C(c4ccc5c(nnn5C)c4C)C(C)(C)C(=O)OC)cc32)Cc2ccccc2O1. The van der Waals surface area contributed by atoms with Gasteiger partial charge in [0.05, 0.1) is 18.0 Å². The molecule has 0 bridgehead atoms. The summed E-state index contributed by atoms with van der Waals surface area (Å²) in [5, 5.41) is 8.70.